The van der Waals surface area contributed by atoms with Crippen molar-refractivity contribution in [2.24, 2.45) is 5.73 Å². The van der Waals surface area contributed by atoms with E-state index in [2.05, 4.69) is 15.3 Å². The summed E-state index contributed by atoms with van der Waals surface area (Å²) >= 11 is 0. The summed E-state index contributed by atoms with van der Waals surface area (Å²) in [5, 5.41) is 3.10. The van der Waals surface area contributed by atoms with Crippen molar-refractivity contribution >= 4 is 17.5 Å². The van der Waals surface area contributed by atoms with Gasteiger partial charge in [-0.3, -0.25) is 4.79 Å². The van der Waals surface area contributed by atoms with Gasteiger partial charge in [0.05, 0.1) is 20.3 Å². The molecular weight excluding hydrogens is 262 g/mol. The average molecular weight is 281 g/mol. The predicted octanol–water partition coefficient (Wildman–Crippen LogP) is -0.392. The van der Waals surface area contributed by atoms with E-state index in [4.69, 9.17) is 15.2 Å². The fourth-order valence-electron chi connectivity index (χ4n) is 2.14. The lowest BCUT2D eigenvalue weighted by molar-refractivity contribution is -0.121. The number of morpholine rings is 1. The number of anilines is 2. The second kappa shape index (κ2) is 6.38. The molecule has 0 bridgehead atoms. The Bertz CT molecular complexity index is 482. The molecule has 0 spiro atoms. The van der Waals surface area contributed by atoms with Crippen molar-refractivity contribution in [2.45, 2.75) is 13.0 Å². The van der Waals surface area contributed by atoms with Crippen LogP contribution < -0.4 is 20.7 Å². The van der Waals surface area contributed by atoms with Crippen molar-refractivity contribution in [1.29, 1.82) is 0 Å². The van der Waals surface area contributed by atoms with Gasteiger partial charge in [0, 0.05) is 13.1 Å². The van der Waals surface area contributed by atoms with E-state index in [0.29, 0.717) is 37.1 Å². The van der Waals surface area contributed by atoms with Gasteiger partial charge in [0.25, 0.3) is 0 Å². The molecule has 8 nitrogen and oxygen atoms in total. The molecule has 1 fully saturated rings. The van der Waals surface area contributed by atoms with Crippen LogP contribution in [0.25, 0.3) is 0 Å². The van der Waals surface area contributed by atoms with Crippen molar-refractivity contribution in [3.63, 3.8) is 0 Å². The molecule has 2 heterocycles. The van der Waals surface area contributed by atoms with E-state index in [1.165, 1.54) is 6.33 Å². The first kappa shape index (κ1) is 14.3. The molecule has 1 saturated heterocycles. The van der Waals surface area contributed by atoms with Crippen molar-refractivity contribution in [3.05, 3.63) is 6.33 Å². The van der Waals surface area contributed by atoms with Crippen molar-refractivity contribution in [2.75, 3.05) is 43.6 Å². The fraction of sp³-hybridized carbons (Fsp3) is 0.583. The summed E-state index contributed by atoms with van der Waals surface area (Å²) in [6.07, 6.45) is 1.43. The molecule has 1 aromatic rings. The van der Waals surface area contributed by atoms with Crippen LogP contribution in [0.2, 0.25) is 0 Å². The highest BCUT2D eigenvalue weighted by Crippen LogP contribution is 2.33. The van der Waals surface area contributed by atoms with E-state index in [1.54, 1.807) is 12.0 Å². The summed E-state index contributed by atoms with van der Waals surface area (Å²) in [4.78, 5) is 21.7. The highest BCUT2D eigenvalue weighted by molar-refractivity contribution is 5.84. The van der Waals surface area contributed by atoms with Gasteiger partial charge in [0.2, 0.25) is 11.7 Å². The molecule has 0 aliphatic carbocycles. The summed E-state index contributed by atoms with van der Waals surface area (Å²) < 4.78 is 10.7. The summed E-state index contributed by atoms with van der Waals surface area (Å²) in [6.45, 7) is 3.94. The third kappa shape index (κ3) is 2.74. The van der Waals surface area contributed by atoms with Gasteiger partial charge in [0.15, 0.2) is 11.6 Å². The maximum atomic E-state index is 11.5. The number of primary amides is 1. The normalized spacial score (nSPS) is 18.7. The first-order valence-corrected chi connectivity index (χ1v) is 6.45. The number of nitrogens with one attached hydrogen (secondary N) is 1. The number of amides is 1. The number of nitrogens with zero attached hydrogens (tertiary/aromatic N) is 3. The molecule has 0 aromatic carbocycles. The Hall–Kier alpha value is -2.09. The van der Waals surface area contributed by atoms with Gasteiger partial charge in [-0.1, -0.05) is 0 Å². The van der Waals surface area contributed by atoms with Gasteiger partial charge in [-0.25, -0.2) is 9.97 Å². The number of ether oxygens (including phenoxy) is 2. The largest absolute Gasteiger partial charge is 0.490 e. The first-order valence-electron chi connectivity index (χ1n) is 6.45. The zero-order valence-corrected chi connectivity index (χ0v) is 11.6. The molecule has 20 heavy (non-hydrogen) atoms. The lowest BCUT2D eigenvalue weighted by atomic mass is 10.2. The lowest BCUT2D eigenvalue weighted by Crippen LogP contribution is -2.53. The number of carbonyl (C=O) groups excluding carboxylic acids is 1. The molecule has 1 aliphatic heterocycles. The maximum absolute atomic E-state index is 11.5. The second-order valence-corrected chi connectivity index (χ2v) is 4.30. The Labute approximate surface area is 117 Å². The molecule has 110 valence electrons. The number of hydrogen-bond acceptors (Lipinski definition) is 7. The molecular formula is C12H19N5O3. The highest BCUT2D eigenvalue weighted by atomic mass is 16.5. The smallest absolute Gasteiger partial charge is 0.242 e. The topological polar surface area (TPSA) is 103 Å². The van der Waals surface area contributed by atoms with Gasteiger partial charge in [-0.05, 0) is 6.92 Å². The average Bonchev–Trinajstić information content (AvgIpc) is 2.47. The van der Waals surface area contributed by atoms with Crippen LogP contribution in [0.4, 0.5) is 11.6 Å². The van der Waals surface area contributed by atoms with E-state index in [-0.39, 0.29) is 6.61 Å². The number of methoxy groups -OCH3 is 1. The van der Waals surface area contributed by atoms with Gasteiger partial charge in [-0.15, -0.1) is 0 Å². The Morgan fingerprint density at radius 2 is 2.45 bits per heavy atom. The molecule has 0 radical (unpaired) electrons. The van der Waals surface area contributed by atoms with Crippen LogP contribution in [-0.2, 0) is 9.53 Å². The quantitative estimate of drug-likeness (QED) is 0.757. The Morgan fingerprint density at radius 3 is 3.10 bits per heavy atom. The first-order chi connectivity index (χ1) is 9.69. The maximum Gasteiger partial charge on any atom is 0.242 e. The summed E-state index contributed by atoms with van der Waals surface area (Å²) in [5.74, 6) is 1.19. The molecule has 1 amide bonds. The molecule has 1 aliphatic rings. The Morgan fingerprint density at radius 1 is 1.65 bits per heavy atom. The minimum Gasteiger partial charge on any atom is -0.490 e. The molecule has 2 rings (SSSR count). The number of aromatic nitrogens is 2. The van der Waals surface area contributed by atoms with Crippen LogP contribution in [0.3, 0.4) is 0 Å². The Kier molecular flexibility index (Phi) is 4.57. The molecule has 1 unspecified atom stereocenters. The predicted molar refractivity (Wildman–Crippen MR) is 73.9 cm³/mol. The minimum absolute atomic E-state index is 0.249. The van der Waals surface area contributed by atoms with Crippen LogP contribution in [0.5, 0.6) is 5.75 Å². The van der Waals surface area contributed by atoms with E-state index < -0.39 is 11.9 Å². The van der Waals surface area contributed by atoms with Crippen LogP contribution in [0.1, 0.15) is 6.92 Å². The zero-order valence-electron chi connectivity index (χ0n) is 11.6. The van der Waals surface area contributed by atoms with Crippen LogP contribution in [0.15, 0.2) is 6.33 Å². The van der Waals surface area contributed by atoms with Gasteiger partial charge < -0.3 is 25.4 Å². The summed E-state index contributed by atoms with van der Waals surface area (Å²) in [6, 6.07) is -0.554. The second-order valence-electron chi connectivity index (χ2n) is 4.30. The van der Waals surface area contributed by atoms with Crippen LogP contribution in [-0.4, -0.2) is 55.3 Å². The number of hydrogen-bond donors (Lipinski definition) is 2. The number of carbonyl (C=O) groups is 1. The summed E-state index contributed by atoms with van der Waals surface area (Å²) in [5.41, 5.74) is 5.42. The fourth-order valence-corrected chi connectivity index (χ4v) is 2.14. The zero-order chi connectivity index (χ0) is 14.5. The van der Waals surface area contributed by atoms with E-state index >= 15 is 0 Å². The molecule has 1 aromatic heterocycles. The van der Waals surface area contributed by atoms with Gasteiger partial charge in [0.1, 0.15) is 12.4 Å². The lowest BCUT2D eigenvalue weighted by Gasteiger charge is -2.35. The number of nitrogens with two attached hydrogens (primary N) is 1. The molecule has 3 N–H and O–H groups in total. The molecule has 0 saturated carbocycles. The van der Waals surface area contributed by atoms with Crippen LogP contribution >= 0.6 is 0 Å². The van der Waals surface area contributed by atoms with E-state index in [9.17, 15) is 4.79 Å². The SMILES string of the molecule is CCNc1ncnc(N2CCOCC2C(N)=O)c1OC. The minimum atomic E-state index is -0.554. The third-order valence-corrected chi connectivity index (χ3v) is 3.06. The molecule has 1 atom stereocenters. The van der Waals surface area contributed by atoms with E-state index in [1.807, 2.05) is 6.92 Å². The molecule has 8 heteroatoms. The number of rotatable bonds is 5. The van der Waals surface area contributed by atoms with Crippen LogP contribution in [0, 0.1) is 0 Å². The van der Waals surface area contributed by atoms with Crippen molar-refractivity contribution < 1.29 is 14.3 Å². The highest BCUT2D eigenvalue weighted by Gasteiger charge is 2.31. The van der Waals surface area contributed by atoms with Gasteiger partial charge in [-0.2, -0.15) is 0 Å². The standard InChI is InChI=1S/C12H19N5O3/c1-3-14-11-9(19-2)12(16-7-15-11)17-4-5-20-6-8(17)10(13)18/h7-8H,3-6H2,1-2H3,(H2,13,18)(H,14,15,16). The van der Waals surface area contributed by atoms with E-state index in [0.717, 1.165) is 0 Å². The summed E-state index contributed by atoms with van der Waals surface area (Å²) in [7, 11) is 1.54. The Balaban J connectivity index is 2.39. The van der Waals surface area contributed by atoms with Gasteiger partial charge >= 0.3 is 0 Å². The third-order valence-electron chi connectivity index (χ3n) is 3.06. The van der Waals surface area contributed by atoms with Crippen molar-refractivity contribution in [1.82, 2.24) is 9.97 Å². The monoisotopic (exact) mass is 281 g/mol. The van der Waals surface area contributed by atoms with Crippen molar-refractivity contribution in [3.8, 4) is 5.75 Å².